The second-order valence-corrected chi connectivity index (χ2v) is 4.18. The number of rotatable bonds is 7. The van der Waals surface area contributed by atoms with Gasteiger partial charge in [0.05, 0.1) is 19.3 Å². The number of nitrogens with zero attached hydrogens (tertiary/aromatic N) is 1. The van der Waals surface area contributed by atoms with Gasteiger partial charge >= 0.3 is 0 Å². The standard InChI is InChI=1S/C12H26N2O2/c1-4-14(7-9-15-5-2)11(3)12-10-13-6-8-16-12/h11-13H,4-10H2,1-3H3. The average molecular weight is 230 g/mol. The molecule has 0 bridgehead atoms. The first-order valence-electron chi connectivity index (χ1n) is 6.43. The van der Waals surface area contributed by atoms with Gasteiger partial charge in [-0.15, -0.1) is 0 Å². The molecule has 0 aliphatic carbocycles. The van der Waals surface area contributed by atoms with E-state index >= 15 is 0 Å². The fourth-order valence-electron chi connectivity index (χ4n) is 2.11. The minimum atomic E-state index is 0.315. The largest absolute Gasteiger partial charge is 0.380 e. The Morgan fingerprint density at radius 3 is 2.88 bits per heavy atom. The molecular formula is C12H26N2O2. The Morgan fingerprint density at radius 1 is 1.50 bits per heavy atom. The molecule has 2 unspecified atom stereocenters. The molecule has 0 aromatic rings. The lowest BCUT2D eigenvalue weighted by atomic mass is 10.1. The molecule has 1 aliphatic heterocycles. The van der Waals surface area contributed by atoms with E-state index in [1.54, 1.807) is 0 Å². The van der Waals surface area contributed by atoms with Gasteiger partial charge in [-0.05, 0) is 20.4 Å². The van der Waals surface area contributed by atoms with E-state index in [-0.39, 0.29) is 0 Å². The van der Waals surface area contributed by atoms with Crippen LogP contribution in [0, 0.1) is 0 Å². The van der Waals surface area contributed by atoms with Crippen LogP contribution in [0.3, 0.4) is 0 Å². The predicted molar refractivity (Wildman–Crippen MR) is 65.8 cm³/mol. The number of hydrogen-bond donors (Lipinski definition) is 1. The number of hydrogen-bond acceptors (Lipinski definition) is 4. The molecule has 4 nitrogen and oxygen atoms in total. The van der Waals surface area contributed by atoms with Crippen molar-refractivity contribution in [2.45, 2.75) is 32.9 Å². The van der Waals surface area contributed by atoms with Gasteiger partial charge in [0.2, 0.25) is 0 Å². The summed E-state index contributed by atoms with van der Waals surface area (Å²) in [7, 11) is 0. The normalized spacial score (nSPS) is 23.6. The number of nitrogens with one attached hydrogen (secondary N) is 1. The van der Waals surface area contributed by atoms with Crippen molar-refractivity contribution in [3.05, 3.63) is 0 Å². The maximum absolute atomic E-state index is 5.78. The molecule has 1 N–H and O–H groups in total. The summed E-state index contributed by atoms with van der Waals surface area (Å²) in [5.41, 5.74) is 0. The molecule has 0 spiro atoms. The molecule has 0 saturated carbocycles. The predicted octanol–water partition coefficient (Wildman–Crippen LogP) is 0.722. The van der Waals surface area contributed by atoms with E-state index < -0.39 is 0 Å². The third-order valence-electron chi connectivity index (χ3n) is 3.20. The Kier molecular flexibility index (Phi) is 6.96. The Morgan fingerprint density at radius 2 is 2.31 bits per heavy atom. The summed E-state index contributed by atoms with van der Waals surface area (Å²) >= 11 is 0. The van der Waals surface area contributed by atoms with Crippen LogP contribution in [0.4, 0.5) is 0 Å². The molecule has 1 heterocycles. The zero-order valence-electron chi connectivity index (χ0n) is 10.9. The van der Waals surface area contributed by atoms with Gasteiger partial charge in [0, 0.05) is 32.3 Å². The summed E-state index contributed by atoms with van der Waals surface area (Å²) in [5.74, 6) is 0. The lowest BCUT2D eigenvalue weighted by Crippen LogP contribution is -2.51. The lowest BCUT2D eigenvalue weighted by molar-refractivity contribution is -0.0305. The van der Waals surface area contributed by atoms with Crippen LogP contribution in [-0.2, 0) is 9.47 Å². The maximum Gasteiger partial charge on any atom is 0.0852 e. The van der Waals surface area contributed by atoms with Crippen molar-refractivity contribution >= 4 is 0 Å². The molecule has 96 valence electrons. The van der Waals surface area contributed by atoms with Gasteiger partial charge in [0.15, 0.2) is 0 Å². The van der Waals surface area contributed by atoms with Crippen molar-refractivity contribution in [3.63, 3.8) is 0 Å². The van der Waals surface area contributed by atoms with Gasteiger partial charge in [-0.3, -0.25) is 4.90 Å². The molecule has 0 radical (unpaired) electrons. The number of morpholine rings is 1. The molecule has 4 heteroatoms. The van der Waals surface area contributed by atoms with Crippen LogP contribution in [0.1, 0.15) is 20.8 Å². The van der Waals surface area contributed by atoms with Crippen molar-refractivity contribution in [1.82, 2.24) is 10.2 Å². The highest BCUT2D eigenvalue weighted by atomic mass is 16.5. The summed E-state index contributed by atoms with van der Waals surface area (Å²) in [6.07, 6.45) is 0.315. The van der Waals surface area contributed by atoms with Crippen LogP contribution in [-0.4, -0.2) is 63.0 Å². The monoisotopic (exact) mass is 230 g/mol. The van der Waals surface area contributed by atoms with Crippen LogP contribution in [0.5, 0.6) is 0 Å². The van der Waals surface area contributed by atoms with Gasteiger partial charge in [-0.1, -0.05) is 6.92 Å². The van der Waals surface area contributed by atoms with Crippen LogP contribution in [0.25, 0.3) is 0 Å². The first-order chi connectivity index (χ1) is 7.79. The second kappa shape index (κ2) is 8.01. The highest BCUT2D eigenvalue weighted by Gasteiger charge is 2.24. The second-order valence-electron chi connectivity index (χ2n) is 4.18. The van der Waals surface area contributed by atoms with E-state index in [4.69, 9.17) is 9.47 Å². The Labute approximate surface area is 99.3 Å². The van der Waals surface area contributed by atoms with Gasteiger partial charge in [0.25, 0.3) is 0 Å². The topological polar surface area (TPSA) is 33.7 Å². The van der Waals surface area contributed by atoms with E-state index in [1.807, 2.05) is 6.92 Å². The molecule has 2 atom stereocenters. The Bertz CT molecular complexity index is 172. The van der Waals surface area contributed by atoms with Gasteiger partial charge in [-0.25, -0.2) is 0 Å². The molecule has 1 rings (SSSR count). The molecule has 1 saturated heterocycles. The smallest absolute Gasteiger partial charge is 0.0852 e. The minimum Gasteiger partial charge on any atom is -0.380 e. The fraction of sp³-hybridized carbons (Fsp3) is 1.00. The number of ether oxygens (including phenoxy) is 2. The van der Waals surface area contributed by atoms with E-state index in [0.29, 0.717) is 12.1 Å². The van der Waals surface area contributed by atoms with Crippen LogP contribution < -0.4 is 5.32 Å². The third kappa shape index (κ3) is 4.37. The summed E-state index contributed by atoms with van der Waals surface area (Å²) < 4.78 is 11.2. The SMILES string of the molecule is CCOCCN(CC)C(C)C1CNCCO1. The van der Waals surface area contributed by atoms with Crippen molar-refractivity contribution in [3.8, 4) is 0 Å². The molecule has 0 amide bonds. The molecule has 0 aromatic carbocycles. The van der Waals surface area contributed by atoms with Crippen LogP contribution >= 0.6 is 0 Å². The van der Waals surface area contributed by atoms with Crippen molar-refractivity contribution < 1.29 is 9.47 Å². The molecule has 1 aliphatic rings. The summed E-state index contributed by atoms with van der Waals surface area (Å²) in [4.78, 5) is 2.42. The molecule has 16 heavy (non-hydrogen) atoms. The van der Waals surface area contributed by atoms with Crippen molar-refractivity contribution in [1.29, 1.82) is 0 Å². The Balaban J connectivity index is 2.31. The molecular weight excluding hydrogens is 204 g/mol. The average Bonchev–Trinajstić information content (AvgIpc) is 2.35. The fourth-order valence-corrected chi connectivity index (χ4v) is 2.11. The summed E-state index contributed by atoms with van der Waals surface area (Å²) in [6, 6.07) is 0.457. The minimum absolute atomic E-state index is 0.315. The van der Waals surface area contributed by atoms with E-state index in [1.165, 1.54) is 0 Å². The first-order valence-corrected chi connectivity index (χ1v) is 6.43. The zero-order valence-corrected chi connectivity index (χ0v) is 10.9. The highest BCUT2D eigenvalue weighted by molar-refractivity contribution is 4.80. The van der Waals surface area contributed by atoms with Gasteiger partial charge in [-0.2, -0.15) is 0 Å². The Hall–Kier alpha value is -0.160. The van der Waals surface area contributed by atoms with Gasteiger partial charge in [0.1, 0.15) is 0 Å². The van der Waals surface area contributed by atoms with E-state index in [0.717, 1.165) is 46.0 Å². The van der Waals surface area contributed by atoms with E-state index in [2.05, 4.69) is 24.1 Å². The lowest BCUT2D eigenvalue weighted by Gasteiger charge is -2.36. The maximum atomic E-state index is 5.78. The molecule has 1 fully saturated rings. The third-order valence-corrected chi connectivity index (χ3v) is 3.20. The number of likely N-dealkylation sites (N-methyl/N-ethyl adjacent to an activating group) is 1. The van der Waals surface area contributed by atoms with Gasteiger partial charge < -0.3 is 14.8 Å². The quantitative estimate of drug-likeness (QED) is 0.654. The van der Waals surface area contributed by atoms with Crippen molar-refractivity contribution in [2.75, 3.05) is 46.0 Å². The van der Waals surface area contributed by atoms with Crippen LogP contribution in [0.15, 0.2) is 0 Å². The van der Waals surface area contributed by atoms with E-state index in [9.17, 15) is 0 Å². The summed E-state index contributed by atoms with van der Waals surface area (Å²) in [6.45, 7) is 12.9. The first kappa shape index (κ1) is 13.9. The molecule has 0 aromatic heterocycles. The zero-order chi connectivity index (χ0) is 11.8. The highest BCUT2D eigenvalue weighted by Crippen LogP contribution is 2.09. The van der Waals surface area contributed by atoms with Crippen LogP contribution in [0.2, 0.25) is 0 Å². The van der Waals surface area contributed by atoms with Crippen molar-refractivity contribution in [2.24, 2.45) is 0 Å². The summed E-state index contributed by atoms with van der Waals surface area (Å²) in [5, 5.41) is 3.38.